The number of aryl methyl sites for hydroxylation is 2. The summed E-state index contributed by atoms with van der Waals surface area (Å²) in [5, 5.41) is 10.7. The first-order valence-corrected chi connectivity index (χ1v) is 10.7. The Morgan fingerprint density at radius 2 is 2.16 bits per heavy atom. The second kappa shape index (κ2) is 8.58. The van der Waals surface area contributed by atoms with Crippen LogP contribution in [0.2, 0.25) is 0 Å². The fourth-order valence-corrected chi connectivity index (χ4v) is 4.17. The van der Waals surface area contributed by atoms with Crippen LogP contribution in [0.5, 0.6) is 5.75 Å². The number of piperidine rings is 1. The minimum absolute atomic E-state index is 0.0721. The number of aromatic amines is 1. The number of nitrogens with zero attached hydrogens (tertiary/aromatic N) is 4. The number of H-pyrrole nitrogens is 1. The van der Waals surface area contributed by atoms with Crippen molar-refractivity contribution in [2.75, 3.05) is 24.6 Å². The quantitative estimate of drug-likeness (QED) is 0.616. The minimum Gasteiger partial charge on any atom is -0.491 e. The summed E-state index contributed by atoms with van der Waals surface area (Å²) in [4.78, 5) is 33.9. The Balaban J connectivity index is 1.67. The van der Waals surface area contributed by atoms with Crippen molar-refractivity contribution in [2.24, 2.45) is 13.0 Å². The van der Waals surface area contributed by atoms with E-state index < -0.39 is 17.4 Å². The summed E-state index contributed by atoms with van der Waals surface area (Å²) in [5.41, 5.74) is 0.651. The summed E-state index contributed by atoms with van der Waals surface area (Å²) < 4.78 is 8.80. The molecule has 1 aromatic carbocycles. The third-order valence-corrected chi connectivity index (χ3v) is 5.75. The van der Waals surface area contributed by atoms with Crippen molar-refractivity contribution in [3.05, 3.63) is 50.7 Å². The fraction of sp³-hybridized carbons (Fsp3) is 0.500. The fourth-order valence-electron chi connectivity index (χ4n) is 4.17. The highest BCUT2D eigenvalue weighted by atomic mass is 16.5. The number of anilines is 1. The number of aliphatic hydroxyl groups is 1. The van der Waals surface area contributed by atoms with Gasteiger partial charge in [-0.1, -0.05) is 19.1 Å². The van der Waals surface area contributed by atoms with Crippen LogP contribution in [0.3, 0.4) is 0 Å². The molecule has 166 valence electrons. The molecular formula is C22H29N5O4. The molecule has 0 spiro atoms. The van der Waals surface area contributed by atoms with Gasteiger partial charge in [-0.05, 0) is 43.4 Å². The van der Waals surface area contributed by atoms with Crippen LogP contribution in [0.25, 0.3) is 11.2 Å². The summed E-state index contributed by atoms with van der Waals surface area (Å²) in [5.74, 6) is 1.78. The highest BCUT2D eigenvalue weighted by Gasteiger charge is 2.26. The van der Waals surface area contributed by atoms with Gasteiger partial charge in [-0.15, -0.1) is 0 Å². The predicted molar refractivity (Wildman–Crippen MR) is 119 cm³/mol. The van der Waals surface area contributed by atoms with Crippen LogP contribution in [0.15, 0.2) is 33.9 Å². The first kappa shape index (κ1) is 21.2. The molecule has 2 N–H and O–H groups in total. The van der Waals surface area contributed by atoms with Gasteiger partial charge in [-0.25, -0.2) is 4.79 Å². The topological polar surface area (TPSA) is 105 Å². The molecule has 0 amide bonds. The zero-order chi connectivity index (χ0) is 22.1. The molecule has 2 aromatic heterocycles. The van der Waals surface area contributed by atoms with E-state index in [4.69, 9.17) is 4.74 Å². The molecule has 1 fully saturated rings. The van der Waals surface area contributed by atoms with E-state index in [0.29, 0.717) is 23.3 Å². The first-order chi connectivity index (χ1) is 14.8. The number of aromatic nitrogens is 4. The molecule has 1 aliphatic rings. The van der Waals surface area contributed by atoms with Crippen molar-refractivity contribution in [1.82, 2.24) is 19.1 Å². The molecule has 9 heteroatoms. The number of ether oxygens (including phenoxy) is 1. The Morgan fingerprint density at radius 1 is 1.35 bits per heavy atom. The van der Waals surface area contributed by atoms with E-state index in [9.17, 15) is 14.7 Å². The van der Waals surface area contributed by atoms with Crippen LogP contribution < -0.4 is 20.9 Å². The van der Waals surface area contributed by atoms with E-state index in [2.05, 4.69) is 21.8 Å². The van der Waals surface area contributed by atoms with Gasteiger partial charge in [0, 0.05) is 20.1 Å². The largest absolute Gasteiger partial charge is 0.491 e. The number of hydrogen-bond acceptors (Lipinski definition) is 6. The molecule has 0 bridgehead atoms. The SMILES string of the molecule is Cc1cccc(OCC(O)Cn2c(N3CCCC(C)C3)nc3c2c(=O)[nH]c(=O)n3C)c1. The third-order valence-electron chi connectivity index (χ3n) is 5.75. The average Bonchev–Trinajstić information content (AvgIpc) is 3.10. The first-order valence-electron chi connectivity index (χ1n) is 10.7. The normalized spacial score (nSPS) is 17.8. The molecule has 0 aliphatic carbocycles. The third kappa shape index (κ3) is 4.36. The van der Waals surface area contributed by atoms with Gasteiger partial charge in [-0.2, -0.15) is 4.98 Å². The molecule has 1 aliphatic heterocycles. The highest BCUT2D eigenvalue weighted by Crippen LogP contribution is 2.25. The van der Waals surface area contributed by atoms with Crippen LogP contribution >= 0.6 is 0 Å². The van der Waals surface area contributed by atoms with Crippen molar-refractivity contribution >= 4 is 17.1 Å². The van der Waals surface area contributed by atoms with E-state index in [1.165, 1.54) is 4.57 Å². The summed E-state index contributed by atoms with van der Waals surface area (Å²) in [6, 6.07) is 7.62. The predicted octanol–water partition coefficient (Wildman–Crippen LogP) is 1.41. The van der Waals surface area contributed by atoms with Crippen LogP contribution in [0, 0.1) is 12.8 Å². The smallest absolute Gasteiger partial charge is 0.329 e. The number of rotatable bonds is 6. The molecule has 3 aromatic rings. The molecule has 0 saturated carbocycles. The lowest BCUT2D eigenvalue weighted by molar-refractivity contribution is 0.0935. The van der Waals surface area contributed by atoms with Crippen LogP contribution in [-0.2, 0) is 13.6 Å². The lowest BCUT2D eigenvalue weighted by Gasteiger charge is -2.32. The van der Waals surface area contributed by atoms with E-state index in [-0.39, 0.29) is 18.7 Å². The number of aliphatic hydroxyl groups excluding tert-OH is 1. The average molecular weight is 428 g/mol. The van der Waals surface area contributed by atoms with Crippen LogP contribution in [-0.4, -0.2) is 50.0 Å². The van der Waals surface area contributed by atoms with E-state index in [1.54, 1.807) is 11.6 Å². The summed E-state index contributed by atoms with van der Waals surface area (Å²) in [6.07, 6.45) is 1.30. The summed E-state index contributed by atoms with van der Waals surface area (Å²) >= 11 is 0. The van der Waals surface area contributed by atoms with Gasteiger partial charge >= 0.3 is 5.69 Å². The van der Waals surface area contributed by atoms with Gasteiger partial charge < -0.3 is 19.3 Å². The highest BCUT2D eigenvalue weighted by molar-refractivity contribution is 5.74. The van der Waals surface area contributed by atoms with Gasteiger partial charge in [0.2, 0.25) is 5.95 Å². The lowest BCUT2D eigenvalue weighted by atomic mass is 10.0. The standard InChI is InChI=1S/C22H29N5O4/c1-14-6-4-8-17(10-14)31-13-16(28)12-27-18-19(25(3)22(30)24-20(18)29)23-21(27)26-9-5-7-15(2)11-26/h4,6,8,10,15-16,28H,5,7,9,11-13H2,1-3H3,(H,24,29,30). The molecule has 0 radical (unpaired) electrons. The zero-order valence-electron chi connectivity index (χ0n) is 18.2. The maximum absolute atomic E-state index is 12.7. The second-order valence-electron chi connectivity index (χ2n) is 8.49. The van der Waals surface area contributed by atoms with Gasteiger partial charge in [-0.3, -0.25) is 14.3 Å². The molecule has 4 rings (SSSR count). The summed E-state index contributed by atoms with van der Waals surface area (Å²) in [7, 11) is 1.58. The maximum Gasteiger partial charge on any atom is 0.329 e. The molecule has 2 atom stereocenters. The van der Waals surface area contributed by atoms with Gasteiger partial charge in [0.1, 0.15) is 18.5 Å². The molecule has 3 heterocycles. The van der Waals surface area contributed by atoms with Crippen LogP contribution in [0.4, 0.5) is 5.95 Å². The number of fused-ring (bicyclic) bond motifs is 1. The maximum atomic E-state index is 12.7. The Kier molecular flexibility index (Phi) is 5.86. The second-order valence-corrected chi connectivity index (χ2v) is 8.49. The van der Waals surface area contributed by atoms with Crippen molar-refractivity contribution in [3.8, 4) is 5.75 Å². The molecule has 1 saturated heterocycles. The Hall–Kier alpha value is -3.07. The van der Waals surface area contributed by atoms with E-state index in [1.807, 2.05) is 31.2 Å². The van der Waals surface area contributed by atoms with Crippen LogP contribution in [0.1, 0.15) is 25.3 Å². The van der Waals surface area contributed by atoms with Gasteiger partial charge in [0.15, 0.2) is 11.2 Å². The van der Waals surface area contributed by atoms with Crippen molar-refractivity contribution in [1.29, 1.82) is 0 Å². The van der Waals surface area contributed by atoms with Gasteiger partial charge in [0.05, 0.1) is 6.54 Å². The Morgan fingerprint density at radius 3 is 2.90 bits per heavy atom. The van der Waals surface area contributed by atoms with Crippen molar-refractivity contribution in [2.45, 2.75) is 39.3 Å². The number of hydrogen-bond donors (Lipinski definition) is 2. The molecular weight excluding hydrogens is 398 g/mol. The molecule has 9 nitrogen and oxygen atoms in total. The van der Waals surface area contributed by atoms with Crippen molar-refractivity contribution < 1.29 is 9.84 Å². The summed E-state index contributed by atoms with van der Waals surface area (Å²) in [6.45, 7) is 5.99. The van der Waals surface area contributed by atoms with E-state index >= 15 is 0 Å². The molecule has 31 heavy (non-hydrogen) atoms. The minimum atomic E-state index is -0.865. The monoisotopic (exact) mass is 427 g/mol. The van der Waals surface area contributed by atoms with E-state index in [0.717, 1.165) is 31.5 Å². The number of benzene rings is 1. The number of nitrogens with one attached hydrogen (secondary N) is 1. The zero-order valence-corrected chi connectivity index (χ0v) is 18.2. The molecule has 2 unspecified atom stereocenters. The Labute approximate surface area is 179 Å². The Bertz CT molecular complexity index is 1190. The van der Waals surface area contributed by atoms with Crippen molar-refractivity contribution in [3.63, 3.8) is 0 Å². The van der Waals surface area contributed by atoms with Gasteiger partial charge in [0.25, 0.3) is 5.56 Å². The lowest BCUT2D eigenvalue weighted by Crippen LogP contribution is -2.37. The number of imidazole rings is 1.